The van der Waals surface area contributed by atoms with Crippen LogP contribution < -0.4 is 4.74 Å². The number of para-hydroxylation sites is 1. The first-order chi connectivity index (χ1) is 15.5. The molecule has 164 valence electrons. The van der Waals surface area contributed by atoms with Gasteiger partial charge in [0.2, 0.25) is 0 Å². The molecule has 2 heterocycles. The molecule has 6 nitrogen and oxygen atoms in total. The number of nitrogens with zero attached hydrogens (tertiary/aromatic N) is 3. The number of aromatic nitrogens is 2. The van der Waals surface area contributed by atoms with Crippen molar-refractivity contribution >= 4 is 11.8 Å². The summed E-state index contributed by atoms with van der Waals surface area (Å²) in [7, 11) is 0. The second-order valence-corrected chi connectivity index (χ2v) is 8.94. The lowest BCUT2D eigenvalue weighted by atomic mass is 10.0. The number of hydrogen-bond acceptors (Lipinski definition) is 4. The smallest absolute Gasteiger partial charge is 0.344 e. The van der Waals surface area contributed by atoms with Gasteiger partial charge in [0.1, 0.15) is 11.4 Å². The van der Waals surface area contributed by atoms with Crippen LogP contribution in [0, 0.1) is 18.8 Å². The highest BCUT2D eigenvalue weighted by molar-refractivity contribution is 5.94. The minimum Gasteiger partial charge on any atom is -0.490 e. The van der Waals surface area contributed by atoms with Crippen LogP contribution in [0.25, 0.3) is 11.1 Å². The molecular formula is C26H27N3O3. The molecule has 0 spiro atoms. The fourth-order valence-electron chi connectivity index (χ4n) is 5.15. The van der Waals surface area contributed by atoms with Crippen molar-refractivity contribution in [1.82, 2.24) is 14.7 Å². The number of hydrogen-bond donors (Lipinski definition) is 0. The summed E-state index contributed by atoms with van der Waals surface area (Å²) in [5.74, 6) is 1.65. The third-order valence-electron chi connectivity index (χ3n) is 6.67. The standard InChI is InChI=1S/C26H27N3O3/c1-17-14-29(27-25(17)18(2)30)26(31)28-15-20-12-22(13-21(20)16-28)32-24-11-7-6-10-23(24)19-8-4-3-5-9-19/h3-11,14,20-22H,12-13,15-16H2,1-2H3/t20-,21+,22?. The molecule has 0 bridgehead atoms. The van der Waals surface area contributed by atoms with Crippen molar-refractivity contribution in [2.75, 3.05) is 13.1 Å². The summed E-state index contributed by atoms with van der Waals surface area (Å²) in [5, 5.41) is 4.21. The average Bonchev–Trinajstić information content (AvgIpc) is 3.47. The fourth-order valence-corrected chi connectivity index (χ4v) is 5.15. The van der Waals surface area contributed by atoms with E-state index in [0.717, 1.165) is 35.3 Å². The van der Waals surface area contributed by atoms with Crippen LogP contribution in [-0.4, -0.2) is 45.7 Å². The summed E-state index contributed by atoms with van der Waals surface area (Å²) in [5.41, 5.74) is 3.36. The lowest BCUT2D eigenvalue weighted by Crippen LogP contribution is -2.34. The Bertz CT molecular complexity index is 1140. The minimum atomic E-state index is -0.151. The van der Waals surface area contributed by atoms with Crippen LogP contribution >= 0.6 is 0 Å². The Labute approximate surface area is 187 Å². The molecule has 1 aromatic heterocycles. The van der Waals surface area contributed by atoms with Gasteiger partial charge in [0.15, 0.2) is 5.78 Å². The molecule has 2 aliphatic rings. The number of aryl methyl sites for hydroxylation is 1. The van der Waals surface area contributed by atoms with Gasteiger partial charge in [0.25, 0.3) is 0 Å². The third kappa shape index (κ3) is 3.81. The number of carbonyl (C=O) groups is 2. The van der Waals surface area contributed by atoms with Gasteiger partial charge in [-0.1, -0.05) is 48.5 Å². The van der Waals surface area contributed by atoms with Gasteiger partial charge in [-0.25, -0.2) is 4.79 Å². The lowest BCUT2D eigenvalue weighted by molar-refractivity contribution is 0.101. The summed E-state index contributed by atoms with van der Waals surface area (Å²) in [6.45, 7) is 4.69. The third-order valence-corrected chi connectivity index (χ3v) is 6.67. The van der Waals surface area contributed by atoms with E-state index in [1.807, 2.05) is 41.3 Å². The molecule has 1 aliphatic heterocycles. The van der Waals surface area contributed by atoms with Crippen molar-refractivity contribution in [3.63, 3.8) is 0 Å². The van der Waals surface area contributed by atoms with Crippen molar-refractivity contribution in [1.29, 1.82) is 0 Å². The zero-order valence-corrected chi connectivity index (χ0v) is 18.4. The zero-order chi connectivity index (χ0) is 22.2. The molecule has 2 fully saturated rings. The Hall–Kier alpha value is -3.41. The van der Waals surface area contributed by atoms with Crippen LogP contribution in [0.3, 0.4) is 0 Å². The first-order valence-corrected chi connectivity index (χ1v) is 11.2. The molecule has 1 saturated heterocycles. The van der Waals surface area contributed by atoms with Crippen LogP contribution in [0.1, 0.15) is 35.8 Å². The van der Waals surface area contributed by atoms with E-state index in [1.54, 1.807) is 13.1 Å². The first-order valence-electron chi connectivity index (χ1n) is 11.2. The number of fused-ring (bicyclic) bond motifs is 1. The molecule has 1 amide bonds. The van der Waals surface area contributed by atoms with Crippen LogP contribution in [0.4, 0.5) is 4.79 Å². The van der Waals surface area contributed by atoms with Gasteiger partial charge in [-0.15, -0.1) is 0 Å². The molecule has 1 unspecified atom stereocenters. The number of rotatable bonds is 4. The quantitative estimate of drug-likeness (QED) is 0.558. The van der Waals surface area contributed by atoms with Gasteiger partial charge in [0, 0.05) is 31.8 Å². The maximum atomic E-state index is 12.9. The molecule has 1 aliphatic carbocycles. The maximum absolute atomic E-state index is 12.9. The highest BCUT2D eigenvalue weighted by atomic mass is 16.5. The highest BCUT2D eigenvalue weighted by Crippen LogP contribution is 2.41. The van der Waals surface area contributed by atoms with E-state index in [1.165, 1.54) is 11.6 Å². The zero-order valence-electron chi connectivity index (χ0n) is 18.4. The maximum Gasteiger partial charge on any atom is 0.344 e. The number of carbonyl (C=O) groups excluding carboxylic acids is 2. The van der Waals surface area contributed by atoms with E-state index < -0.39 is 0 Å². The molecule has 6 heteroatoms. The molecule has 0 N–H and O–H groups in total. The SMILES string of the molecule is CC(=O)c1nn(C(=O)N2C[C@H]3CC(Oc4ccccc4-c4ccccc4)C[C@H]3C2)cc1C. The molecular weight excluding hydrogens is 402 g/mol. The largest absolute Gasteiger partial charge is 0.490 e. The van der Waals surface area contributed by atoms with Gasteiger partial charge < -0.3 is 9.64 Å². The van der Waals surface area contributed by atoms with Crippen LogP contribution in [-0.2, 0) is 0 Å². The van der Waals surface area contributed by atoms with Gasteiger partial charge in [0.05, 0.1) is 6.10 Å². The number of amides is 1. The minimum absolute atomic E-state index is 0.122. The topological polar surface area (TPSA) is 64.4 Å². The Kier molecular flexibility index (Phi) is 5.29. The van der Waals surface area contributed by atoms with Gasteiger partial charge in [-0.2, -0.15) is 9.78 Å². The fraction of sp³-hybridized carbons (Fsp3) is 0.346. The molecule has 5 rings (SSSR count). The summed E-state index contributed by atoms with van der Waals surface area (Å²) in [6.07, 6.45) is 3.69. The van der Waals surface area contributed by atoms with Crippen molar-refractivity contribution in [2.45, 2.75) is 32.8 Å². The van der Waals surface area contributed by atoms with E-state index in [9.17, 15) is 9.59 Å². The van der Waals surface area contributed by atoms with E-state index in [0.29, 0.717) is 30.6 Å². The van der Waals surface area contributed by atoms with Gasteiger partial charge in [-0.05, 0) is 48.8 Å². The Morgan fingerprint density at radius 3 is 2.28 bits per heavy atom. The van der Waals surface area contributed by atoms with Crippen molar-refractivity contribution in [3.8, 4) is 16.9 Å². The molecule has 3 atom stereocenters. The first kappa shape index (κ1) is 20.5. The van der Waals surface area contributed by atoms with E-state index in [-0.39, 0.29) is 17.9 Å². The summed E-state index contributed by atoms with van der Waals surface area (Å²) in [4.78, 5) is 26.5. The highest BCUT2D eigenvalue weighted by Gasteiger charge is 2.44. The van der Waals surface area contributed by atoms with Gasteiger partial charge in [-0.3, -0.25) is 4.79 Å². The monoisotopic (exact) mass is 429 g/mol. The van der Waals surface area contributed by atoms with Crippen LogP contribution in [0.15, 0.2) is 60.8 Å². The Morgan fingerprint density at radius 1 is 0.969 bits per heavy atom. The van der Waals surface area contributed by atoms with Crippen molar-refractivity contribution < 1.29 is 14.3 Å². The average molecular weight is 430 g/mol. The normalized spacial score (nSPS) is 22.1. The lowest BCUT2D eigenvalue weighted by Gasteiger charge is -2.21. The van der Waals surface area contributed by atoms with Crippen molar-refractivity contribution in [2.24, 2.45) is 11.8 Å². The number of ether oxygens (including phenoxy) is 1. The molecule has 1 saturated carbocycles. The summed E-state index contributed by atoms with van der Waals surface area (Å²) in [6, 6.07) is 18.3. The Morgan fingerprint density at radius 2 is 1.62 bits per heavy atom. The second kappa shape index (κ2) is 8.26. The van der Waals surface area contributed by atoms with E-state index >= 15 is 0 Å². The molecule has 3 aromatic rings. The van der Waals surface area contributed by atoms with Crippen LogP contribution in [0.5, 0.6) is 5.75 Å². The van der Waals surface area contributed by atoms with Crippen molar-refractivity contribution in [3.05, 3.63) is 72.1 Å². The number of benzene rings is 2. The molecule has 0 radical (unpaired) electrons. The van der Waals surface area contributed by atoms with E-state index in [4.69, 9.17) is 4.74 Å². The predicted molar refractivity (Wildman–Crippen MR) is 122 cm³/mol. The second-order valence-electron chi connectivity index (χ2n) is 8.94. The Balaban J connectivity index is 1.24. The van der Waals surface area contributed by atoms with E-state index in [2.05, 4.69) is 23.3 Å². The van der Waals surface area contributed by atoms with Crippen LogP contribution in [0.2, 0.25) is 0 Å². The predicted octanol–water partition coefficient (Wildman–Crippen LogP) is 4.82. The molecule has 2 aromatic carbocycles. The number of ketones is 1. The van der Waals surface area contributed by atoms with Gasteiger partial charge >= 0.3 is 6.03 Å². The summed E-state index contributed by atoms with van der Waals surface area (Å²) < 4.78 is 7.78. The molecule has 32 heavy (non-hydrogen) atoms. The number of Topliss-reactive ketones (excluding diaryl/α,β-unsaturated/α-hetero) is 1. The summed E-state index contributed by atoms with van der Waals surface area (Å²) >= 11 is 0. The number of likely N-dealkylation sites (tertiary alicyclic amines) is 1.